The molecule has 0 fully saturated rings. The number of rotatable bonds is 2. The number of hydrogen-bond donors (Lipinski definition) is 0. The van der Waals surface area contributed by atoms with Gasteiger partial charge in [-0.25, -0.2) is 13.9 Å². The number of thiophene rings is 1. The Labute approximate surface area is 108 Å². The van der Waals surface area contributed by atoms with E-state index in [2.05, 4.69) is 26.0 Å². The monoisotopic (exact) mass is 310 g/mol. The summed E-state index contributed by atoms with van der Waals surface area (Å²) in [5.41, 5.74) is 0.410. The second-order valence-electron chi connectivity index (χ2n) is 3.44. The van der Waals surface area contributed by atoms with Gasteiger partial charge in [-0.2, -0.15) is 0 Å². The zero-order chi connectivity index (χ0) is 11.8. The van der Waals surface area contributed by atoms with Crippen molar-refractivity contribution < 1.29 is 0 Å². The SMILES string of the molecule is O=c1n(Cc2sccc2Br)nc2cnccn12. The molecule has 0 aromatic carbocycles. The quantitative estimate of drug-likeness (QED) is 0.725. The smallest absolute Gasteiger partial charge is 0.259 e. The maximum absolute atomic E-state index is 12.0. The molecule has 0 saturated carbocycles. The number of fused-ring (bicyclic) bond motifs is 1. The topological polar surface area (TPSA) is 52.2 Å². The molecule has 0 bridgehead atoms. The number of nitrogens with zero attached hydrogens (tertiary/aromatic N) is 4. The van der Waals surface area contributed by atoms with Gasteiger partial charge < -0.3 is 0 Å². The Hall–Kier alpha value is -1.47. The molecule has 3 rings (SSSR count). The fraction of sp³-hybridized carbons (Fsp3) is 0.100. The highest BCUT2D eigenvalue weighted by Gasteiger charge is 2.09. The van der Waals surface area contributed by atoms with Crippen LogP contribution in [0.15, 0.2) is 39.3 Å². The fourth-order valence-electron chi connectivity index (χ4n) is 1.56. The van der Waals surface area contributed by atoms with E-state index in [9.17, 15) is 4.79 Å². The van der Waals surface area contributed by atoms with E-state index in [4.69, 9.17) is 0 Å². The molecule has 5 nitrogen and oxygen atoms in total. The van der Waals surface area contributed by atoms with Gasteiger partial charge in [0.2, 0.25) is 0 Å². The number of aromatic nitrogens is 4. The molecule has 0 atom stereocenters. The van der Waals surface area contributed by atoms with E-state index in [0.29, 0.717) is 12.2 Å². The minimum absolute atomic E-state index is 0.150. The van der Waals surface area contributed by atoms with Crippen LogP contribution in [0.1, 0.15) is 4.88 Å². The van der Waals surface area contributed by atoms with Gasteiger partial charge in [-0.3, -0.25) is 4.98 Å². The van der Waals surface area contributed by atoms with Crippen LogP contribution in [-0.2, 0) is 6.54 Å². The zero-order valence-electron chi connectivity index (χ0n) is 8.58. The third kappa shape index (κ3) is 1.81. The van der Waals surface area contributed by atoms with E-state index in [1.54, 1.807) is 29.9 Å². The predicted molar refractivity (Wildman–Crippen MR) is 68.4 cm³/mol. The second kappa shape index (κ2) is 4.08. The van der Waals surface area contributed by atoms with Crippen molar-refractivity contribution in [3.05, 3.63) is 49.9 Å². The molecule has 0 unspecified atom stereocenters. The van der Waals surface area contributed by atoms with Crippen molar-refractivity contribution in [3.63, 3.8) is 0 Å². The van der Waals surface area contributed by atoms with E-state index in [1.807, 2.05) is 11.4 Å². The van der Waals surface area contributed by atoms with E-state index in [-0.39, 0.29) is 5.69 Å². The minimum atomic E-state index is -0.150. The van der Waals surface area contributed by atoms with Gasteiger partial charge in [-0.1, -0.05) is 0 Å². The summed E-state index contributed by atoms with van der Waals surface area (Å²) >= 11 is 5.03. The lowest BCUT2D eigenvalue weighted by atomic mass is 10.5. The van der Waals surface area contributed by atoms with Crippen LogP contribution < -0.4 is 5.69 Å². The molecule has 3 aromatic heterocycles. The van der Waals surface area contributed by atoms with Gasteiger partial charge in [0.25, 0.3) is 0 Å². The molecule has 0 N–H and O–H groups in total. The van der Waals surface area contributed by atoms with Gasteiger partial charge in [0, 0.05) is 21.7 Å². The van der Waals surface area contributed by atoms with Gasteiger partial charge in [-0.05, 0) is 27.4 Å². The van der Waals surface area contributed by atoms with Crippen molar-refractivity contribution in [1.82, 2.24) is 19.2 Å². The standard InChI is InChI=1S/C10H7BrN4OS/c11-7-1-4-17-8(7)6-15-10(16)14-3-2-12-5-9(14)13-15/h1-5H,6H2. The van der Waals surface area contributed by atoms with Crippen molar-refractivity contribution in [3.8, 4) is 0 Å². The second-order valence-corrected chi connectivity index (χ2v) is 5.29. The molecule has 0 radical (unpaired) electrons. The molecule has 17 heavy (non-hydrogen) atoms. The summed E-state index contributed by atoms with van der Waals surface area (Å²) < 4.78 is 3.92. The average molecular weight is 311 g/mol. The van der Waals surface area contributed by atoms with Crippen LogP contribution in [0.5, 0.6) is 0 Å². The van der Waals surface area contributed by atoms with Gasteiger partial charge in [0.1, 0.15) is 0 Å². The summed E-state index contributed by atoms with van der Waals surface area (Å²) in [6, 6.07) is 1.96. The van der Waals surface area contributed by atoms with Crippen molar-refractivity contribution >= 4 is 32.9 Å². The minimum Gasteiger partial charge on any atom is -0.259 e. The molecule has 0 aliphatic rings. The largest absolute Gasteiger partial charge is 0.350 e. The van der Waals surface area contributed by atoms with Gasteiger partial charge in [0.05, 0.1) is 12.7 Å². The molecule has 3 heterocycles. The van der Waals surface area contributed by atoms with Gasteiger partial charge in [0.15, 0.2) is 5.65 Å². The molecular weight excluding hydrogens is 304 g/mol. The summed E-state index contributed by atoms with van der Waals surface area (Å²) in [7, 11) is 0. The highest BCUT2D eigenvalue weighted by atomic mass is 79.9. The Morgan fingerprint density at radius 2 is 2.35 bits per heavy atom. The fourth-order valence-corrected chi connectivity index (χ4v) is 3.02. The lowest BCUT2D eigenvalue weighted by molar-refractivity contribution is 0.664. The Balaban J connectivity index is 2.10. The molecule has 0 saturated heterocycles. The lowest BCUT2D eigenvalue weighted by Crippen LogP contribution is -2.21. The molecule has 0 spiro atoms. The normalized spacial score (nSPS) is 11.1. The maximum atomic E-state index is 12.0. The van der Waals surface area contributed by atoms with E-state index < -0.39 is 0 Å². The Kier molecular flexibility index (Phi) is 2.56. The first-order chi connectivity index (χ1) is 8.25. The van der Waals surface area contributed by atoms with Gasteiger partial charge in [-0.15, -0.1) is 16.4 Å². The average Bonchev–Trinajstić information content (AvgIpc) is 2.87. The first kappa shape index (κ1) is 10.7. The van der Waals surface area contributed by atoms with E-state index in [0.717, 1.165) is 9.35 Å². The Morgan fingerprint density at radius 3 is 3.06 bits per heavy atom. The van der Waals surface area contributed by atoms with Crippen LogP contribution in [-0.4, -0.2) is 19.2 Å². The summed E-state index contributed by atoms with van der Waals surface area (Å²) in [6.07, 6.45) is 4.76. The number of halogens is 1. The van der Waals surface area contributed by atoms with Crippen molar-refractivity contribution in [1.29, 1.82) is 0 Å². The van der Waals surface area contributed by atoms with Crippen molar-refractivity contribution in [2.45, 2.75) is 6.54 Å². The molecule has 7 heteroatoms. The van der Waals surface area contributed by atoms with Crippen LogP contribution in [0.4, 0.5) is 0 Å². The maximum Gasteiger partial charge on any atom is 0.350 e. The third-order valence-electron chi connectivity index (χ3n) is 2.37. The highest BCUT2D eigenvalue weighted by molar-refractivity contribution is 9.10. The molecule has 3 aromatic rings. The Bertz CT molecular complexity index is 729. The highest BCUT2D eigenvalue weighted by Crippen LogP contribution is 2.22. The van der Waals surface area contributed by atoms with Crippen molar-refractivity contribution in [2.75, 3.05) is 0 Å². The van der Waals surface area contributed by atoms with E-state index >= 15 is 0 Å². The molecule has 0 amide bonds. The summed E-state index contributed by atoms with van der Waals surface area (Å²) in [4.78, 5) is 17.0. The summed E-state index contributed by atoms with van der Waals surface area (Å²) in [5, 5.41) is 6.19. The summed E-state index contributed by atoms with van der Waals surface area (Å²) in [6.45, 7) is 0.471. The molecule has 86 valence electrons. The van der Waals surface area contributed by atoms with Crippen LogP contribution in [0.3, 0.4) is 0 Å². The lowest BCUT2D eigenvalue weighted by Gasteiger charge is -1.96. The summed E-state index contributed by atoms with van der Waals surface area (Å²) in [5.74, 6) is 0. The van der Waals surface area contributed by atoms with Crippen LogP contribution >= 0.6 is 27.3 Å². The molecule has 0 aliphatic carbocycles. The van der Waals surface area contributed by atoms with Crippen LogP contribution in [0.25, 0.3) is 5.65 Å². The van der Waals surface area contributed by atoms with E-state index in [1.165, 1.54) is 9.08 Å². The molecule has 0 aliphatic heterocycles. The van der Waals surface area contributed by atoms with Gasteiger partial charge >= 0.3 is 5.69 Å². The van der Waals surface area contributed by atoms with Crippen LogP contribution in [0, 0.1) is 0 Å². The molecular formula is C10H7BrN4OS. The predicted octanol–water partition coefficient (Wildman–Crippen LogP) is 1.76. The van der Waals surface area contributed by atoms with Crippen molar-refractivity contribution in [2.24, 2.45) is 0 Å². The zero-order valence-corrected chi connectivity index (χ0v) is 11.0. The van der Waals surface area contributed by atoms with Crippen LogP contribution in [0.2, 0.25) is 0 Å². The Morgan fingerprint density at radius 1 is 1.47 bits per heavy atom. The number of hydrogen-bond acceptors (Lipinski definition) is 4. The first-order valence-corrected chi connectivity index (χ1v) is 6.54. The third-order valence-corrected chi connectivity index (χ3v) is 4.28. The first-order valence-electron chi connectivity index (χ1n) is 4.87.